The molecule has 0 saturated carbocycles. The lowest BCUT2D eigenvalue weighted by molar-refractivity contribution is -0.123. The molecular weight excluding hydrogens is 350 g/mol. The fourth-order valence-electron chi connectivity index (χ4n) is 2.01. The van der Waals surface area contributed by atoms with E-state index in [0.29, 0.717) is 10.7 Å². The number of hydrogen-bond donors (Lipinski definition) is 2. The molecule has 0 saturated heterocycles. The van der Waals surface area contributed by atoms with Gasteiger partial charge in [-0.3, -0.25) is 9.78 Å². The lowest BCUT2D eigenvalue weighted by Crippen LogP contribution is -2.45. The highest BCUT2D eigenvalue weighted by molar-refractivity contribution is 7.89. The van der Waals surface area contributed by atoms with Crippen LogP contribution in [0.5, 0.6) is 0 Å². The van der Waals surface area contributed by atoms with Crippen molar-refractivity contribution in [1.82, 2.24) is 15.0 Å². The topological polar surface area (TPSA) is 88.2 Å². The summed E-state index contributed by atoms with van der Waals surface area (Å²) < 4.78 is 26.9. The van der Waals surface area contributed by atoms with Crippen LogP contribution in [0.15, 0.2) is 53.6 Å². The highest BCUT2D eigenvalue weighted by Gasteiger charge is 2.23. The second kappa shape index (κ2) is 7.74. The van der Waals surface area contributed by atoms with Crippen LogP contribution in [0.2, 0.25) is 5.02 Å². The first kappa shape index (κ1) is 18.4. The lowest BCUT2D eigenvalue weighted by Gasteiger charge is -2.18. The van der Waals surface area contributed by atoms with Crippen LogP contribution in [0.4, 0.5) is 0 Å². The molecule has 6 nitrogen and oxygen atoms in total. The van der Waals surface area contributed by atoms with Gasteiger partial charge in [-0.1, -0.05) is 17.7 Å². The number of halogens is 1. The summed E-state index contributed by atoms with van der Waals surface area (Å²) in [6.45, 7) is 3.26. The van der Waals surface area contributed by atoms with Crippen LogP contribution < -0.4 is 10.0 Å². The smallest absolute Gasteiger partial charge is 0.241 e. The van der Waals surface area contributed by atoms with Gasteiger partial charge in [0.25, 0.3) is 0 Å². The Bertz CT molecular complexity index is 795. The van der Waals surface area contributed by atoms with Gasteiger partial charge in [0.1, 0.15) is 0 Å². The zero-order chi connectivity index (χ0) is 17.7. The van der Waals surface area contributed by atoms with Crippen molar-refractivity contribution in [3.63, 3.8) is 0 Å². The third-order valence-corrected chi connectivity index (χ3v) is 5.15. The number of amides is 1. The van der Waals surface area contributed by atoms with E-state index >= 15 is 0 Å². The summed E-state index contributed by atoms with van der Waals surface area (Å²) in [6, 6.07) is 9.83. The predicted octanol–water partition coefficient (Wildman–Crippen LogP) is 2.28. The Morgan fingerprint density at radius 1 is 1.12 bits per heavy atom. The molecule has 2 N–H and O–H groups in total. The molecule has 2 rings (SSSR count). The SMILES string of the molecule is CC(NS(=O)(=O)c1ccc(Cl)cc1)C(=O)NC(C)c1ccccn1. The molecule has 0 bridgehead atoms. The fraction of sp³-hybridized carbons (Fsp3) is 0.250. The summed E-state index contributed by atoms with van der Waals surface area (Å²) in [5.74, 6) is -0.439. The minimum absolute atomic E-state index is 0.0457. The molecule has 2 atom stereocenters. The molecule has 2 unspecified atom stereocenters. The van der Waals surface area contributed by atoms with Gasteiger partial charge >= 0.3 is 0 Å². The average molecular weight is 368 g/mol. The first-order valence-electron chi connectivity index (χ1n) is 7.29. The maximum absolute atomic E-state index is 12.3. The van der Waals surface area contributed by atoms with Crippen molar-refractivity contribution in [2.24, 2.45) is 0 Å². The number of nitrogens with zero attached hydrogens (tertiary/aromatic N) is 1. The molecular formula is C16H18ClN3O3S. The molecule has 0 radical (unpaired) electrons. The standard InChI is InChI=1S/C16H18ClN3O3S/c1-11(15-5-3-4-10-18-15)19-16(21)12(2)20-24(22,23)14-8-6-13(17)7-9-14/h3-12,20H,1-2H3,(H,19,21). The molecule has 1 amide bonds. The number of carbonyl (C=O) groups excluding carboxylic acids is 1. The molecule has 128 valence electrons. The van der Waals surface area contributed by atoms with E-state index in [1.54, 1.807) is 25.3 Å². The maximum atomic E-state index is 12.3. The summed E-state index contributed by atoms with van der Waals surface area (Å²) in [7, 11) is -3.81. The number of aromatic nitrogens is 1. The van der Waals surface area contributed by atoms with E-state index in [9.17, 15) is 13.2 Å². The summed E-state index contributed by atoms with van der Waals surface area (Å²) in [5.41, 5.74) is 0.693. The van der Waals surface area contributed by atoms with Gasteiger partial charge in [-0.15, -0.1) is 0 Å². The van der Waals surface area contributed by atoms with Crippen molar-refractivity contribution in [2.75, 3.05) is 0 Å². The zero-order valence-electron chi connectivity index (χ0n) is 13.2. The number of rotatable bonds is 6. The largest absolute Gasteiger partial charge is 0.347 e. The Balaban J connectivity index is 2.02. The maximum Gasteiger partial charge on any atom is 0.241 e. The molecule has 24 heavy (non-hydrogen) atoms. The number of pyridine rings is 1. The van der Waals surface area contributed by atoms with Crippen LogP contribution in [0.3, 0.4) is 0 Å². The zero-order valence-corrected chi connectivity index (χ0v) is 14.8. The molecule has 2 aromatic rings. The molecule has 1 aromatic heterocycles. The van der Waals surface area contributed by atoms with E-state index in [0.717, 1.165) is 0 Å². The van der Waals surface area contributed by atoms with Crippen molar-refractivity contribution < 1.29 is 13.2 Å². The van der Waals surface area contributed by atoms with Crippen molar-refractivity contribution in [3.05, 3.63) is 59.4 Å². The normalized spacial score (nSPS) is 14.0. The Kier molecular flexibility index (Phi) is 5.93. The Morgan fingerprint density at radius 2 is 1.79 bits per heavy atom. The molecule has 1 aromatic carbocycles. The van der Waals surface area contributed by atoms with Crippen molar-refractivity contribution in [1.29, 1.82) is 0 Å². The number of nitrogens with one attached hydrogen (secondary N) is 2. The van der Waals surface area contributed by atoms with Crippen molar-refractivity contribution in [3.8, 4) is 0 Å². The van der Waals surface area contributed by atoms with Crippen LogP contribution in [0.25, 0.3) is 0 Å². The summed E-state index contributed by atoms with van der Waals surface area (Å²) in [6.07, 6.45) is 1.63. The van der Waals surface area contributed by atoms with Crippen LogP contribution in [0, 0.1) is 0 Å². The quantitative estimate of drug-likeness (QED) is 0.819. The van der Waals surface area contributed by atoms with E-state index in [-0.39, 0.29) is 10.9 Å². The van der Waals surface area contributed by atoms with E-state index in [4.69, 9.17) is 11.6 Å². The predicted molar refractivity (Wildman–Crippen MR) is 92.0 cm³/mol. The summed E-state index contributed by atoms with van der Waals surface area (Å²) in [5, 5.41) is 3.16. The summed E-state index contributed by atoms with van der Waals surface area (Å²) >= 11 is 5.75. The van der Waals surface area contributed by atoms with Gasteiger partial charge in [0.15, 0.2) is 0 Å². The van der Waals surface area contributed by atoms with Gasteiger partial charge < -0.3 is 5.32 Å². The number of benzene rings is 1. The van der Waals surface area contributed by atoms with E-state index < -0.39 is 22.0 Å². The minimum Gasteiger partial charge on any atom is -0.347 e. The second-order valence-electron chi connectivity index (χ2n) is 5.28. The van der Waals surface area contributed by atoms with Gasteiger partial charge in [-0.2, -0.15) is 4.72 Å². The lowest BCUT2D eigenvalue weighted by atomic mass is 10.2. The molecule has 8 heteroatoms. The first-order chi connectivity index (χ1) is 11.3. The molecule has 1 heterocycles. The van der Waals surface area contributed by atoms with E-state index in [1.165, 1.54) is 31.2 Å². The third-order valence-electron chi connectivity index (χ3n) is 3.34. The van der Waals surface area contributed by atoms with Crippen molar-refractivity contribution >= 4 is 27.5 Å². The second-order valence-corrected chi connectivity index (χ2v) is 7.43. The minimum atomic E-state index is -3.81. The third kappa shape index (κ3) is 4.77. The Labute approximate surface area is 146 Å². The van der Waals surface area contributed by atoms with Gasteiger partial charge in [0.05, 0.1) is 22.7 Å². The van der Waals surface area contributed by atoms with Gasteiger partial charge in [0, 0.05) is 11.2 Å². The van der Waals surface area contributed by atoms with E-state index in [2.05, 4.69) is 15.0 Å². The van der Waals surface area contributed by atoms with Crippen LogP contribution >= 0.6 is 11.6 Å². The van der Waals surface area contributed by atoms with Gasteiger partial charge in [-0.25, -0.2) is 8.42 Å². The Hall–Kier alpha value is -1.96. The molecule has 0 aliphatic rings. The van der Waals surface area contributed by atoms with Crippen LogP contribution in [-0.4, -0.2) is 25.4 Å². The first-order valence-corrected chi connectivity index (χ1v) is 9.15. The number of hydrogen-bond acceptors (Lipinski definition) is 4. The Morgan fingerprint density at radius 3 is 2.38 bits per heavy atom. The number of sulfonamides is 1. The highest BCUT2D eigenvalue weighted by Crippen LogP contribution is 2.14. The number of carbonyl (C=O) groups is 1. The fourth-order valence-corrected chi connectivity index (χ4v) is 3.34. The molecule has 0 spiro atoms. The van der Waals surface area contributed by atoms with E-state index in [1.807, 2.05) is 6.07 Å². The molecule has 0 aliphatic heterocycles. The van der Waals surface area contributed by atoms with Crippen LogP contribution in [0.1, 0.15) is 25.6 Å². The molecule has 0 fully saturated rings. The van der Waals surface area contributed by atoms with Crippen molar-refractivity contribution in [2.45, 2.75) is 30.8 Å². The average Bonchev–Trinajstić information content (AvgIpc) is 2.55. The highest BCUT2D eigenvalue weighted by atomic mass is 35.5. The monoisotopic (exact) mass is 367 g/mol. The summed E-state index contributed by atoms with van der Waals surface area (Å²) in [4.78, 5) is 16.4. The van der Waals surface area contributed by atoms with Gasteiger partial charge in [0.2, 0.25) is 15.9 Å². The van der Waals surface area contributed by atoms with Gasteiger partial charge in [-0.05, 0) is 50.2 Å². The van der Waals surface area contributed by atoms with Crippen LogP contribution in [-0.2, 0) is 14.8 Å². The molecule has 0 aliphatic carbocycles.